The van der Waals surface area contributed by atoms with Crippen LogP contribution in [0.1, 0.15) is 34.8 Å². The maximum Gasteiger partial charge on any atom is 0.252 e. The second-order valence-electron chi connectivity index (χ2n) is 5.09. The normalized spacial score (nSPS) is 11.4. The third kappa shape index (κ3) is 5.99. The van der Waals surface area contributed by atoms with Crippen LogP contribution in [0, 0.1) is 24.7 Å². The summed E-state index contributed by atoms with van der Waals surface area (Å²) in [5.41, 5.74) is 2.27. The van der Waals surface area contributed by atoms with Crippen LogP contribution in [0.2, 0.25) is 0 Å². The van der Waals surface area contributed by atoms with Gasteiger partial charge in [-0.05, 0) is 25.0 Å². The number of ether oxygens (including phenoxy) is 1. The van der Waals surface area contributed by atoms with E-state index in [1.54, 1.807) is 7.11 Å². The molecule has 1 aromatic rings. The molecule has 0 fully saturated rings. The van der Waals surface area contributed by atoms with Crippen LogP contribution in [0.3, 0.4) is 0 Å². The van der Waals surface area contributed by atoms with E-state index >= 15 is 0 Å². The summed E-state index contributed by atoms with van der Waals surface area (Å²) in [6.07, 6.45) is 0.403. The number of benzene rings is 1. The first kappa shape index (κ1) is 17.2. The Bertz CT molecular complexity index is 529. The molecule has 0 bridgehead atoms. The zero-order chi connectivity index (χ0) is 15.7. The van der Waals surface area contributed by atoms with Gasteiger partial charge in [0.2, 0.25) is 0 Å². The molecule has 4 heteroatoms. The fourth-order valence-electron chi connectivity index (χ4n) is 1.87. The van der Waals surface area contributed by atoms with Gasteiger partial charge >= 0.3 is 0 Å². The van der Waals surface area contributed by atoms with Crippen molar-refractivity contribution in [2.75, 3.05) is 26.9 Å². The molecule has 1 aromatic carbocycles. The monoisotopic (exact) mass is 289 g/mol. The molecule has 0 spiro atoms. The lowest BCUT2D eigenvalue weighted by molar-refractivity contribution is 0.0934. The first-order chi connectivity index (χ1) is 10.1. The Morgan fingerprint density at radius 3 is 2.90 bits per heavy atom. The van der Waals surface area contributed by atoms with Crippen molar-refractivity contribution in [1.82, 2.24) is 5.32 Å². The number of hydrogen-bond donors (Lipinski definition) is 2. The number of aliphatic hydroxyl groups is 1. The van der Waals surface area contributed by atoms with E-state index in [-0.39, 0.29) is 18.4 Å². The van der Waals surface area contributed by atoms with Gasteiger partial charge in [-0.25, -0.2) is 0 Å². The zero-order valence-corrected chi connectivity index (χ0v) is 12.9. The number of carbonyl (C=O) groups excluding carboxylic acids is 1. The Hall–Kier alpha value is -1.83. The van der Waals surface area contributed by atoms with E-state index in [4.69, 9.17) is 9.84 Å². The Kier molecular flexibility index (Phi) is 7.52. The molecule has 0 aliphatic heterocycles. The lowest BCUT2D eigenvalue weighted by Gasteiger charge is -2.12. The second kappa shape index (κ2) is 9.17. The Labute approximate surface area is 126 Å². The quantitative estimate of drug-likeness (QED) is 0.784. The fourth-order valence-corrected chi connectivity index (χ4v) is 1.87. The average molecular weight is 289 g/mol. The smallest absolute Gasteiger partial charge is 0.252 e. The van der Waals surface area contributed by atoms with Gasteiger partial charge in [-0.1, -0.05) is 30.4 Å². The molecule has 0 aliphatic carbocycles. The molecular weight excluding hydrogens is 266 g/mol. The topological polar surface area (TPSA) is 58.6 Å². The number of methoxy groups -OCH3 is 1. The molecule has 1 amide bonds. The van der Waals surface area contributed by atoms with E-state index in [1.807, 2.05) is 32.0 Å². The highest BCUT2D eigenvalue weighted by Crippen LogP contribution is 2.11. The molecule has 0 aromatic heterocycles. The molecular formula is C17H23NO3. The number of hydrogen-bond acceptors (Lipinski definition) is 3. The Morgan fingerprint density at radius 2 is 2.24 bits per heavy atom. The predicted octanol–water partition coefficient (Wildman–Crippen LogP) is 1.74. The number of nitrogens with one attached hydrogen (secondary N) is 1. The van der Waals surface area contributed by atoms with Crippen molar-refractivity contribution < 1.29 is 14.6 Å². The van der Waals surface area contributed by atoms with Crippen molar-refractivity contribution in [3.05, 3.63) is 34.9 Å². The molecule has 0 heterocycles. The highest BCUT2D eigenvalue weighted by molar-refractivity contribution is 5.96. The third-order valence-corrected chi connectivity index (χ3v) is 2.94. The van der Waals surface area contributed by atoms with Crippen LogP contribution in [-0.4, -0.2) is 37.9 Å². The molecule has 0 saturated heterocycles. The standard InChI is InChI=1S/C17H23NO3/c1-13-7-8-15(6-4-5-9-19)16(10-13)17(20)18-11-14(2)12-21-3/h7-8,10,14,19H,5,9,11-12H2,1-3H3,(H,18,20). The van der Waals surface area contributed by atoms with E-state index in [0.717, 1.165) is 5.56 Å². The largest absolute Gasteiger partial charge is 0.395 e. The molecule has 0 aliphatic rings. The molecule has 1 atom stereocenters. The van der Waals surface area contributed by atoms with E-state index in [1.165, 1.54) is 0 Å². The molecule has 1 rings (SSSR count). The molecule has 1 unspecified atom stereocenters. The number of amides is 1. The van der Waals surface area contributed by atoms with Crippen molar-refractivity contribution in [2.24, 2.45) is 5.92 Å². The minimum absolute atomic E-state index is 0.0227. The van der Waals surface area contributed by atoms with Crippen molar-refractivity contribution >= 4 is 5.91 Å². The Morgan fingerprint density at radius 1 is 1.48 bits per heavy atom. The van der Waals surface area contributed by atoms with Crippen LogP contribution in [0.4, 0.5) is 0 Å². The summed E-state index contributed by atoms with van der Waals surface area (Å²) < 4.78 is 5.05. The number of rotatable bonds is 6. The molecule has 2 N–H and O–H groups in total. The predicted molar refractivity (Wildman–Crippen MR) is 83.1 cm³/mol. The van der Waals surface area contributed by atoms with Crippen molar-refractivity contribution in [3.63, 3.8) is 0 Å². The zero-order valence-electron chi connectivity index (χ0n) is 12.9. The van der Waals surface area contributed by atoms with Crippen LogP contribution < -0.4 is 5.32 Å². The van der Waals surface area contributed by atoms with Gasteiger partial charge in [0.15, 0.2) is 0 Å². The van der Waals surface area contributed by atoms with Gasteiger partial charge in [-0.2, -0.15) is 0 Å². The third-order valence-electron chi connectivity index (χ3n) is 2.94. The maximum absolute atomic E-state index is 12.3. The maximum atomic E-state index is 12.3. The Balaban J connectivity index is 2.82. The molecule has 0 saturated carbocycles. The molecule has 114 valence electrons. The van der Waals surface area contributed by atoms with Gasteiger partial charge in [0.05, 0.1) is 18.8 Å². The summed E-state index contributed by atoms with van der Waals surface area (Å²) in [4.78, 5) is 12.3. The van der Waals surface area contributed by atoms with E-state index in [2.05, 4.69) is 17.2 Å². The van der Waals surface area contributed by atoms with E-state index in [9.17, 15) is 4.79 Å². The highest BCUT2D eigenvalue weighted by Gasteiger charge is 2.11. The minimum Gasteiger partial charge on any atom is -0.395 e. The van der Waals surface area contributed by atoms with Crippen molar-refractivity contribution in [2.45, 2.75) is 20.3 Å². The van der Waals surface area contributed by atoms with Crippen LogP contribution in [-0.2, 0) is 4.74 Å². The van der Waals surface area contributed by atoms with Gasteiger partial charge in [0.25, 0.3) is 5.91 Å². The summed E-state index contributed by atoms with van der Waals surface area (Å²) in [5, 5.41) is 11.7. The summed E-state index contributed by atoms with van der Waals surface area (Å²) in [7, 11) is 1.65. The molecule has 0 radical (unpaired) electrons. The van der Waals surface area contributed by atoms with Crippen LogP contribution in [0.25, 0.3) is 0 Å². The lowest BCUT2D eigenvalue weighted by atomic mass is 10.0. The molecule has 4 nitrogen and oxygen atoms in total. The SMILES string of the molecule is COCC(C)CNC(=O)c1cc(C)ccc1C#CCCO. The number of carbonyl (C=O) groups is 1. The number of aliphatic hydroxyl groups excluding tert-OH is 1. The summed E-state index contributed by atoms with van der Waals surface area (Å²) in [5.74, 6) is 5.92. The summed E-state index contributed by atoms with van der Waals surface area (Å²) in [6.45, 7) is 5.15. The average Bonchev–Trinajstić information content (AvgIpc) is 2.46. The molecule has 21 heavy (non-hydrogen) atoms. The van der Waals surface area contributed by atoms with Crippen LogP contribution in [0.15, 0.2) is 18.2 Å². The van der Waals surface area contributed by atoms with Crippen molar-refractivity contribution in [3.8, 4) is 11.8 Å². The van der Waals surface area contributed by atoms with Crippen LogP contribution in [0.5, 0.6) is 0 Å². The van der Waals surface area contributed by atoms with Gasteiger partial charge < -0.3 is 15.2 Å². The lowest BCUT2D eigenvalue weighted by Crippen LogP contribution is -2.30. The highest BCUT2D eigenvalue weighted by atomic mass is 16.5. The van der Waals surface area contributed by atoms with E-state index < -0.39 is 0 Å². The van der Waals surface area contributed by atoms with Gasteiger partial charge in [0.1, 0.15) is 0 Å². The summed E-state index contributed by atoms with van der Waals surface area (Å²) >= 11 is 0. The van der Waals surface area contributed by atoms with Gasteiger partial charge in [-0.3, -0.25) is 4.79 Å². The minimum atomic E-state index is -0.130. The second-order valence-corrected chi connectivity index (χ2v) is 5.09. The van der Waals surface area contributed by atoms with Crippen molar-refractivity contribution in [1.29, 1.82) is 0 Å². The summed E-state index contributed by atoms with van der Waals surface area (Å²) in [6, 6.07) is 5.60. The fraction of sp³-hybridized carbons (Fsp3) is 0.471. The van der Waals surface area contributed by atoms with Gasteiger partial charge in [-0.15, -0.1) is 0 Å². The van der Waals surface area contributed by atoms with Crippen LogP contribution >= 0.6 is 0 Å². The first-order valence-electron chi connectivity index (χ1n) is 7.06. The first-order valence-corrected chi connectivity index (χ1v) is 7.06. The van der Waals surface area contributed by atoms with Gasteiger partial charge in [0, 0.05) is 25.6 Å². The van der Waals surface area contributed by atoms with E-state index in [0.29, 0.717) is 30.7 Å². The number of aryl methyl sites for hydroxylation is 1.